The molecule has 0 saturated carbocycles. The lowest BCUT2D eigenvalue weighted by Gasteiger charge is -2.36. The van der Waals surface area contributed by atoms with Crippen LogP contribution in [-0.4, -0.2) is 33.2 Å². The second-order valence-electron chi connectivity index (χ2n) is 4.44. The van der Waals surface area contributed by atoms with E-state index in [2.05, 4.69) is 16.8 Å². The van der Waals surface area contributed by atoms with E-state index in [9.17, 15) is 4.79 Å². The molecule has 2 heterocycles. The highest BCUT2D eigenvalue weighted by molar-refractivity contribution is 5.70. The molecule has 1 saturated heterocycles. The van der Waals surface area contributed by atoms with Gasteiger partial charge in [-0.25, -0.2) is 4.98 Å². The van der Waals surface area contributed by atoms with Gasteiger partial charge >= 0.3 is 5.97 Å². The second kappa shape index (κ2) is 4.15. The first-order valence-electron chi connectivity index (χ1n) is 5.56. The van der Waals surface area contributed by atoms with E-state index >= 15 is 0 Å². The van der Waals surface area contributed by atoms with Crippen LogP contribution in [0.3, 0.4) is 0 Å². The third-order valence-electron chi connectivity index (χ3n) is 3.28. The summed E-state index contributed by atoms with van der Waals surface area (Å²) < 4.78 is 1.97. The van der Waals surface area contributed by atoms with Gasteiger partial charge in [-0.3, -0.25) is 4.79 Å². The Morgan fingerprint density at radius 3 is 2.88 bits per heavy atom. The summed E-state index contributed by atoms with van der Waals surface area (Å²) in [6.07, 6.45) is 5.07. The number of aliphatic carboxylic acids is 1. The summed E-state index contributed by atoms with van der Waals surface area (Å²) in [6, 6.07) is 0.232. The van der Waals surface area contributed by atoms with Crippen LogP contribution in [0.5, 0.6) is 0 Å². The average Bonchev–Trinajstić information content (AvgIpc) is 2.64. The Morgan fingerprint density at radius 2 is 2.38 bits per heavy atom. The number of carbonyl (C=O) groups is 1. The smallest absolute Gasteiger partial charge is 0.306 e. The highest BCUT2D eigenvalue weighted by Crippen LogP contribution is 2.26. The van der Waals surface area contributed by atoms with Crippen molar-refractivity contribution in [1.82, 2.24) is 9.55 Å². The van der Waals surface area contributed by atoms with Crippen molar-refractivity contribution in [2.75, 3.05) is 11.4 Å². The van der Waals surface area contributed by atoms with E-state index in [1.807, 2.05) is 17.8 Å². The monoisotopic (exact) mass is 223 g/mol. The van der Waals surface area contributed by atoms with Crippen LogP contribution >= 0.6 is 0 Å². The number of hydrogen-bond donors (Lipinski definition) is 1. The second-order valence-corrected chi connectivity index (χ2v) is 4.44. The highest BCUT2D eigenvalue weighted by Gasteiger charge is 2.31. The predicted octanol–water partition coefficient (Wildman–Crippen LogP) is 1.11. The van der Waals surface area contributed by atoms with Gasteiger partial charge in [-0.05, 0) is 19.8 Å². The van der Waals surface area contributed by atoms with Crippen molar-refractivity contribution in [3.05, 3.63) is 12.4 Å². The number of carboxylic acid groups (broad SMARTS) is 1. The van der Waals surface area contributed by atoms with E-state index in [0.29, 0.717) is 12.8 Å². The van der Waals surface area contributed by atoms with Crippen LogP contribution < -0.4 is 4.90 Å². The molecule has 0 amide bonds. The van der Waals surface area contributed by atoms with Crippen molar-refractivity contribution >= 4 is 11.9 Å². The molecular weight excluding hydrogens is 206 g/mol. The Kier molecular flexibility index (Phi) is 2.85. The molecule has 0 bridgehead atoms. The Hall–Kier alpha value is -1.52. The molecule has 0 spiro atoms. The van der Waals surface area contributed by atoms with Gasteiger partial charge in [-0.1, -0.05) is 0 Å². The van der Waals surface area contributed by atoms with Crippen LogP contribution in [0.2, 0.25) is 0 Å². The van der Waals surface area contributed by atoms with Crippen LogP contribution in [-0.2, 0) is 11.8 Å². The van der Waals surface area contributed by atoms with Crippen LogP contribution in [0, 0.1) is 5.92 Å². The molecule has 2 atom stereocenters. The molecular formula is C11H17N3O2. The minimum absolute atomic E-state index is 0.202. The molecule has 5 heteroatoms. The Balaban J connectivity index is 2.10. The Bertz CT molecular complexity index is 388. The van der Waals surface area contributed by atoms with Gasteiger partial charge in [-0.2, -0.15) is 0 Å². The van der Waals surface area contributed by atoms with Gasteiger partial charge in [0.25, 0.3) is 0 Å². The molecule has 5 nitrogen and oxygen atoms in total. The zero-order valence-electron chi connectivity index (χ0n) is 9.63. The first kappa shape index (κ1) is 11.0. The largest absolute Gasteiger partial charge is 0.481 e. The number of aryl methyl sites for hydroxylation is 1. The lowest BCUT2D eigenvalue weighted by Crippen LogP contribution is -2.43. The van der Waals surface area contributed by atoms with Crippen molar-refractivity contribution < 1.29 is 9.90 Å². The standard InChI is InChI=1S/C11H17N3O2/c1-8-7-9(10(15)16)3-5-14(8)11-12-4-6-13(11)2/h4,6,8-9H,3,5,7H2,1-2H3,(H,15,16). The van der Waals surface area contributed by atoms with Crippen LogP contribution in [0.4, 0.5) is 5.95 Å². The van der Waals surface area contributed by atoms with Gasteiger partial charge in [0.05, 0.1) is 5.92 Å². The normalized spacial score (nSPS) is 25.8. The number of hydrogen-bond acceptors (Lipinski definition) is 3. The maximum Gasteiger partial charge on any atom is 0.306 e. The van der Waals surface area contributed by atoms with E-state index in [1.54, 1.807) is 6.20 Å². The van der Waals surface area contributed by atoms with Gasteiger partial charge < -0.3 is 14.6 Å². The molecule has 88 valence electrons. The summed E-state index contributed by atoms with van der Waals surface area (Å²) >= 11 is 0. The van der Waals surface area contributed by atoms with E-state index < -0.39 is 5.97 Å². The Labute approximate surface area is 94.7 Å². The van der Waals surface area contributed by atoms with Crippen molar-refractivity contribution in [2.45, 2.75) is 25.8 Å². The molecule has 2 rings (SSSR count). The van der Waals surface area contributed by atoms with Crippen LogP contribution in [0.15, 0.2) is 12.4 Å². The first-order chi connectivity index (χ1) is 7.59. The molecule has 16 heavy (non-hydrogen) atoms. The molecule has 1 N–H and O–H groups in total. The van der Waals surface area contributed by atoms with Gasteiger partial charge in [0.1, 0.15) is 0 Å². The number of imidazole rings is 1. The minimum atomic E-state index is -0.675. The molecule has 2 unspecified atom stereocenters. The molecule has 0 aliphatic carbocycles. The summed E-state index contributed by atoms with van der Waals surface area (Å²) in [5.74, 6) is 0.0502. The maximum absolute atomic E-state index is 10.9. The zero-order valence-corrected chi connectivity index (χ0v) is 9.63. The summed E-state index contributed by atoms with van der Waals surface area (Å²) in [4.78, 5) is 17.4. The fourth-order valence-electron chi connectivity index (χ4n) is 2.33. The fraction of sp³-hybridized carbons (Fsp3) is 0.636. The summed E-state index contributed by atoms with van der Waals surface area (Å²) in [7, 11) is 1.96. The topological polar surface area (TPSA) is 58.4 Å². The lowest BCUT2D eigenvalue weighted by molar-refractivity contribution is -0.142. The number of nitrogens with zero attached hydrogens (tertiary/aromatic N) is 3. The Morgan fingerprint density at radius 1 is 1.62 bits per heavy atom. The number of anilines is 1. The highest BCUT2D eigenvalue weighted by atomic mass is 16.4. The van der Waals surface area contributed by atoms with Crippen molar-refractivity contribution in [3.8, 4) is 0 Å². The SMILES string of the molecule is CC1CC(C(=O)O)CCN1c1nccn1C. The summed E-state index contributed by atoms with van der Waals surface area (Å²) in [6.45, 7) is 2.83. The summed E-state index contributed by atoms with van der Waals surface area (Å²) in [5.41, 5.74) is 0. The molecule has 1 aliphatic rings. The van der Waals surface area contributed by atoms with E-state index in [-0.39, 0.29) is 12.0 Å². The van der Waals surface area contributed by atoms with E-state index in [0.717, 1.165) is 12.5 Å². The van der Waals surface area contributed by atoms with Crippen LogP contribution in [0.1, 0.15) is 19.8 Å². The molecule has 1 aromatic heterocycles. The average molecular weight is 223 g/mol. The molecule has 1 fully saturated rings. The van der Waals surface area contributed by atoms with Gasteiger partial charge in [0.2, 0.25) is 5.95 Å². The van der Waals surface area contributed by atoms with E-state index in [1.165, 1.54) is 0 Å². The van der Waals surface area contributed by atoms with Crippen molar-refractivity contribution in [1.29, 1.82) is 0 Å². The van der Waals surface area contributed by atoms with Gasteiger partial charge in [0.15, 0.2) is 0 Å². The maximum atomic E-state index is 10.9. The first-order valence-corrected chi connectivity index (χ1v) is 5.56. The number of piperidine rings is 1. The number of aromatic nitrogens is 2. The predicted molar refractivity (Wildman–Crippen MR) is 60.4 cm³/mol. The minimum Gasteiger partial charge on any atom is -0.481 e. The van der Waals surface area contributed by atoms with Crippen molar-refractivity contribution in [3.63, 3.8) is 0 Å². The van der Waals surface area contributed by atoms with Crippen LogP contribution in [0.25, 0.3) is 0 Å². The third-order valence-corrected chi connectivity index (χ3v) is 3.28. The molecule has 1 aromatic rings. The van der Waals surface area contributed by atoms with Gasteiger partial charge in [0, 0.05) is 32.0 Å². The third kappa shape index (κ3) is 1.89. The lowest BCUT2D eigenvalue weighted by atomic mass is 9.92. The van der Waals surface area contributed by atoms with E-state index in [4.69, 9.17) is 5.11 Å². The van der Waals surface area contributed by atoms with Gasteiger partial charge in [-0.15, -0.1) is 0 Å². The number of rotatable bonds is 2. The summed E-state index contributed by atoms with van der Waals surface area (Å²) in [5, 5.41) is 8.99. The number of carboxylic acids is 1. The zero-order chi connectivity index (χ0) is 11.7. The molecule has 0 aromatic carbocycles. The quantitative estimate of drug-likeness (QED) is 0.816. The van der Waals surface area contributed by atoms with Crippen molar-refractivity contribution in [2.24, 2.45) is 13.0 Å². The molecule has 1 aliphatic heterocycles. The molecule has 0 radical (unpaired) electrons. The fourth-order valence-corrected chi connectivity index (χ4v) is 2.33.